The van der Waals surface area contributed by atoms with E-state index < -0.39 is 0 Å². The van der Waals surface area contributed by atoms with E-state index in [0.29, 0.717) is 18.6 Å². The maximum absolute atomic E-state index is 11.7. The van der Waals surface area contributed by atoms with Crippen LogP contribution in [0.2, 0.25) is 0 Å². The van der Waals surface area contributed by atoms with Gasteiger partial charge in [-0.3, -0.25) is 4.79 Å². The van der Waals surface area contributed by atoms with Gasteiger partial charge in [0, 0.05) is 11.8 Å². The molecule has 0 saturated heterocycles. The van der Waals surface area contributed by atoms with Crippen LogP contribution in [-0.2, 0) is 9.53 Å². The fourth-order valence-electron chi connectivity index (χ4n) is 1.33. The van der Waals surface area contributed by atoms with Crippen LogP contribution in [0.25, 0.3) is 0 Å². The van der Waals surface area contributed by atoms with Crippen molar-refractivity contribution in [2.45, 2.75) is 53.1 Å². The van der Waals surface area contributed by atoms with E-state index in [-0.39, 0.29) is 12.0 Å². The van der Waals surface area contributed by atoms with Crippen molar-refractivity contribution in [3.63, 3.8) is 0 Å². The highest BCUT2D eigenvalue weighted by molar-refractivity contribution is 7.99. The Hall–Kier alpha value is -0.220. The van der Waals surface area contributed by atoms with Gasteiger partial charge in [-0.2, -0.15) is 11.8 Å². The van der Waals surface area contributed by atoms with Crippen LogP contribution in [0.1, 0.15) is 41.0 Å². The SMILES string of the molecule is CCOC(=O)C(CSCC(C)CC)NC(C)C. The zero-order valence-electron chi connectivity index (χ0n) is 11.8. The van der Waals surface area contributed by atoms with Gasteiger partial charge in [-0.05, 0) is 18.6 Å². The molecule has 0 radical (unpaired) electrons. The third kappa shape index (κ3) is 8.50. The lowest BCUT2D eigenvalue weighted by atomic mass is 10.2. The minimum Gasteiger partial charge on any atom is -0.465 e. The molecule has 0 aromatic heterocycles. The molecule has 0 aliphatic rings. The van der Waals surface area contributed by atoms with Crippen LogP contribution in [-0.4, -0.2) is 36.2 Å². The third-order valence-electron chi connectivity index (χ3n) is 2.49. The number of carbonyl (C=O) groups is 1. The van der Waals surface area contributed by atoms with Crippen LogP contribution in [0.15, 0.2) is 0 Å². The van der Waals surface area contributed by atoms with Crippen molar-refractivity contribution in [3.8, 4) is 0 Å². The van der Waals surface area contributed by atoms with Crippen molar-refractivity contribution in [1.29, 1.82) is 0 Å². The average Bonchev–Trinajstić information content (AvgIpc) is 2.27. The molecular weight excluding hydrogens is 234 g/mol. The molecule has 4 heteroatoms. The van der Waals surface area contributed by atoms with Crippen LogP contribution in [0.4, 0.5) is 0 Å². The molecule has 0 bridgehead atoms. The van der Waals surface area contributed by atoms with Crippen molar-refractivity contribution in [2.24, 2.45) is 5.92 Å². The lowest BCUT2D eigenvalue weighted by Gasteiger charge is -2.20. The monoisotopic (exact) mass is 261 g/mol. The summed E-state index contributed by atoms with van der Waals surface area (Å²) in [6, 6.07) is 0.123. The molecule has 0 aliphatic heterocycles. The molecule has 0 saturated carbocycles. The predicted octanol–water partition coefficient (Wildman–Crippen LogP) is 2.70. The maximum atomic E-state index is 11.7. The summed E-state index contributed by atoms with van der Waals surface area (Å²) in [5, 5.41) is 3.26. The van der Waals surface area contributed by atoms with Crippen molar-refractivity contribution < 1.29 is 9.53 Å². The first kappa shape index (κ1) is 16.8. The Balaban J connectivity index is 4.05. The molecule has 2 atom stereocenters. The Labute approximate surface area is 110 Å². The van der Waals surface area contributed by atoms with Crippen molar-refractivity contribution in [3.05, 3.63) is 0 Å². The highest BCUT2D eigenvalue weighted by Gasteiger charge is 2.20. The van der Waals surface area contributed by atoms with Crippen LogP contribution < -0.4 is 5.32 Å². The number of carbonyl (C=O) groups excluding carboxylic acids is 1. The Morgan fingerprint density at radius 3 is 2.35 bits per heavy atom. The Bertz CT molecular complexity index is 210. The summed E-state index contributed by atoms with van der Waals surface area (Å²) >= 11 is 1.83. The van der Waals surface area contributed by atoms with Gasteiger partial charge >= 0.3 is 5.97 Å². The van der Waals surface area contributed by atoms with Gasteiger partial charge in [0.05, 0.1) is 6.61 Å². The molecule has 2 unspecified atom stereocenters. The quantitative estimate of drug-likeness (QED) is 0.648. The van der Waals surface area contributed by atoms with Gasteiger partial charge in [0.15, 0.2) is 0 Å². The maximum Gasteiger partial charge on any atom is 0.323 e. The van der Waals surface area contributed by atoms with E-state index in [4.69, 9.17) is 4.74 Å². The number of hydrogen-bond donors (Lipinski definition) is 1. The fraction of sp³-hybridized carbons (Fsp3) is 0.923. The topological polar surface area (TPSA) is 38.3 Å². The molecule has 0 rings (SSSR count). The summed E-state index contributed by atoms with van der Waals surface area (Å²) in [7, 11) is 0. The lowest BCUT2D eigenvalue weighted by molar-refractivity contribution is -0.145. The number of thioether (sulfide) groups is 1. The van der Waals surface area contributed by atoms with Crippen LogP contribution in [0.3, 0.4) is 0 Å². The second kappa shape index (κ2) is 9.77. The fourth-order valence-corrected chi connectivity index (χ4v) is 2.58. The Kier molecular flexibility index (Phi) is 9.65. The largest absolute Gasteiger partial charge is 0.465 e. The molecule has 0 heterocycles. The van der Waals surface area contributed by atoms with E-state index in [2.05, 4.69) is 19.2 Å². The first-order chi connectivity index (χ1) is 8.01. The molecule has 17 heavy (non-hydrogen) atoms. The number of nitrogens with one attached hydrogen (secondary N) is 1. The summed E-state index contributed by atoms with van der Waals surface area (Å²) in [4.78, 5) is 11.7. The number of esters is 1. The molecule has 0 fully saturated rings. The summed E-state index contributed by atoms with van der Waals surface area (Å²) < 4.78 is 5.07. The molecule has 0 aliphatic carbocycles. The van der Waals surface area contributed by atoms with Gasteiger partial charge in [0.1, 0.15) is 6.04 Å². The third-order valence-corrected chi connectivity index (χ3v) is 3.86. The van der Waals surface area contributed by atoms with Gasteiger partial charge in [-0.15, -0.1) is 0 Å². The van der Waals surface area contributed by atoms with Crippen molar-refractivity contribution >= 4 is 17.7 Å². The van der Waals surface area contributed by atoms with Crippen LogP contribution >= 0.6 is 11.8 Å². The van der Waals surface area contributed by atoms with E-state index in [1.807, 2.05) is 32.5 Å². The molecular formula is C13H27NO2S. The van der Waals surface area contributed by atoms with E-state index in [0.717, 1.165) is 11.5 Å². The molecule has 0 aromatic carbocycles. The smallest absolute Gasteiger partial charge is 0.323 e. The highest BCUT2D eigenvalue weighted by atomic mass is 32.2. The summed E-state index contributed by atoms with van der Waals surface area (Å²) in [5.41, 5.74) is 0. The standard InChI is InChI=1S/C13H27NO2S/c1-6-11(5)8-17-9-12(14-10(3)4)13(15)16-7-2/h10-12,14H,6-9H2,1-5H3. The second-order valence-electron chi connectivity index (χ2n) is 4.68. The van der Waals surface area contributed by atoms with Gasteiger partial charge in [-0.1, -0.05) is 34.1 Å². The summed E-state index contributed by atoms with van der Waals surface area (Å²) in [6.45, 7) is 10.8. The molecule has 3 nitrogen and oxygen atoms in total. The van der Waals surface area contributed by atoms with Crippen molar-refractivity contribution in [1.82, 2.24) is 5.32 Å². The van der Waals surface area contributed by atoms with Crippen LogP contribution in [0, 0.1) is 5.92 Å². The summed E-state index contributed by atoms with van der Waals surface area (Å²) in [6.07, 6.45) is 1.19. The van der Waals surface area contributed by atoms with E-state index >= 15 is 0 Å². The first-order valence-electron chi connectivity index (χ1n) is 6.51. The summed E-state index contributed by atoms with van der Waals surface area (Å²) in [5.74, 6) is 2.48. The van der Waals surface area contributed by atoms with Gasteiger partial charge in [0.25, 0.3) is 0 Å². The molecule has 102 valence electrons. The number of ether oxygens (including phenoxy) is 1. The normalized spacial score (nSPS) is 14.7. The molecule has 0 amide bonds. The first-order valence-corrected chi connectivity index (χ1v) is 7.67. The van der Waals surface area contributed by atoms with Crippen molar-refractivity contribution in [2.75, 3.05) is 18.1 Å². The van der Waals surface area contributed by atoms with Gasteiger partial charge < -0.3 is 10.1 Å². The predicted molar refractivity (Wildman–Crippen MR) is 75.5 cm³/mol. The van der Waals surface area contributed by atoms with Gasteiger partial charge in [-0.25, -0.2) is 0 Å². The van der Waals surface area contributed by atoms with Gasteiger partial charge in [0.2, 0.25) is 0 Å². The number of hydrogen-bond acceptors (Lipinski definition) is 4. The van der Waals surface area contributed by atoms with E-state index in [9.17, 15) is 4.79 Å². The Morgan fingerprint density at radius 2 is 1.88 bits per heavy atom. The number of rotatable bonds is 9. The zero-order valence-corrected chi connectivity index (χ0v) is 12.6. The average molecular weight is 261 g/mol. The molecule has 0 aromatic rings. The van der Waals surface area contributed by atoms with Crippen LogP contribution in [0.5, 0.6) is 0 Å². The second-order valence-corrected chi connectivity index (χ2v) is 5.75. The lowest BCUT2D eigenvalue weighted by Crippen LogP contribution is -2.43. The Morgan fingerprint density at radius 1 is 1.24 bits per heavy atom. The van der Waals surface area contributed by atoms with E-state index in [1.54, 1.807) is 0 Å². The molecule has 1 N–H and O–H groups in total. The van der Waals surface area contributed by atoms with E-state index in [1.165, 1.54) is 6.42 Å². The minimum absolute atomic E-state index is 0.127. The minimum atomic E-state index is -0.177. The highest BCUT2D eigenvalue weighted by Crippen LogP contribution is 2.13. The zero-order chi connectivity index (χ0) is 13.3. The molecule has 0 spiro atoms.